The van der Waals surface area contributed by atoms with E-state index in [4.69, 9.17) is 4.52 Å². The van der Waals surface area contributed by atoms with Crippen molar-refractivity contribution >= 4 is 7.60 Å². The second kappa shape index (κ2) is 8.08. The maximum Gasteiger partial charge on any atom is 0.328 e. The van der Waals surface area contributed by atoms with Gasteiger partial charge in [-0.05, 0) is 30.5 Å². The highest BCUT2D eigenvalue weighted by Crippen LogP contribution is 2.42. The monoisotopic (exact) mass is 305 g/mol. The van der Waals surface area contributed by atoms with Crippen LogP contribution in [0.5, 0.6) is 0 Å². The van der Waals surface area contributed by atoms with Gasteiger partial charge >= 0.3 is 7.60 Å². The van der Waals surface area contributed by atoms with Crippen LogP contribution in [0.15, 0.2) is 54.7 Å². The predicted octanol–water partition coefficient (Wildman–Crippen LogP) is 3.46. The van der Waals surface area contributed by atoms with Crippen molar-refractivity contribution in [3.05, 3.63) is 66.0 Å². The minimum Gasteiger partial charge on any atom is -0.324 e. The first-order valence-corrected chi connectivity index (χ1v) is 8.82. The van der Waals surface area contributed by atoms with Crippen LogP contribution in [0.2, 0.25) is 0 Å². The van der Waals surface area contributed by atoms with Gasteiger partial charge in [0.25, 0.3) is 0 Å². The minimum absolute atomic E-state index is 0.185. The fourth-order valence-electron chi connectivity index (χ4n) is 2.03. The molecule has 21 heavy (non-hydrogen) atoms. The van der Waals surface area contributed by atoms with Crippen LogP contribution < -0.4 is 0 Å². The first-order chi connectivity index (χ1) is 10.2. The average molecular weight is 305 g/mol. The lowest BCUT2D eigenvalue weighted by atomic mass is 10.1. The third-order valence-corrected chi connectivity index (χ3v) is 4.59. The summed E-state index contributed by atoms with van der Waals surface area (Å²) in [6.45, 7) is 0.218. The largest absolute Gasteiger partial charge is 0.328 e. The summed E-state index contributed by atoms with van der Waals surface area (Å²) in [6.07, 6.45) is 3.86. The van der Waals surface area contributed by atoms with E-state index < -0.39 is 7.60 Å². The number of hydrogen-bond donors (Lipinski definition) is 1. The highest BCUT2D eigenvalue weighted by atomic mass is 31.2. The lowest BCUT2D eigenvalue weighted by Gasteiger charge is -2.12. The number of aromatic nitrogens is 1. The smallest absolute Gasteiger partial charge is 0.324 e. The minimum atomic E-state index is -3.49. The zero-order chi connectivity index (χ0) is 15.0. The van der Waals surface area contributed by atoms with E-state index in [-0.39, 0.29) is 12.8 Å². The maximum atomic E-state index is 11.9. The number of aryl methyl sites for hydroxylation is 1. The van der Waals surface area contributed by atoms with Crippen LogP contribution >= 0.6 is 7.60 Å². The van der Waals surface area contributed by atoms with Crippen LogP contribution in [0.1, 0.15) is 17.7 Å². The Labute approximate surface area is 125 Å². The lowest BCUT2D eigenvalue weighted by molar-refractivity contribution is 0.261. The van der Waals surface area contributed by atoms with Crippen molar-refractivity contribution < 1.29 is 14.0 Å². The zero-order valence-corrected chi connectivity index (χ0v) is 12.8. The molecule has 5 heteroatoms. The van der Waals surface area contributed by atoms with Crippen molar-refractivity contribution in [3.63, 3.8) is 0 Å². The van der Waals surface area contributed by atoms with Crippen molar-refractivity contribution in [1.29, 1.82) is 0 Å². The number of nitrogens with zero attached hydrogens (tertiary/aromatic N) is 1. The molecule has 112 valence electrons. The molecular formula is C16H20NO3P. The summed E-state index contributed by atoms with van der Waals surface area (Å²) in [5, 5.41) is 0. The molecule has 0 aliphatic heterocycles. The van der Waals surface area contributed by atoms with E-state index in [0.717, 1.165) is 12.1 Å². The Morgan fingerprint density at radius 2 is 1.81 bits per heavy atom. The SMILES string of the molecule is O=P(O)(CCCc1ccccc1)OCCc1ccccn1. The van der Waals surface area contributed by atoms with Crippen LogP contribution in [-0.2, 0) is 21.9 Å². The summed E-state index contributed by atoms with van der Waals surface area (Å²) in [7, 11) is -3.49. The summed E-state index contributed by atoms with van der Waals surface area (Å²) in [5.41, 5.74) is 2.03. The first kappa shape index (κ1) is 15.9. The number of benzene rings is 1. The Morgan fingerprint density at radius 1 is 1.05 bits per heavy atom. The Morgan fingerprint density at radius 3 is 2.52 bits per heavy atom. The highest BCUT2D eigenvalue weighted by Gasteiger charge is 2.18. The van der Waals surface area contributed by atoms with Crippen LogP contribution in [0.3, 0.4) is 0 Å². The van der Waals surface area contributed by atoms with Crippen LogP contribution in [0.25, 0.3) is 0 Å². The number of rotatable bonds is 8. The Balaban J connectivity index is 1.68. The van der Waals surface area contributed by atoms with Gasteiger partial charge in [-0.2, -0.15) is 0 Å². The van der Waals surface area contributed by atoms with Gasteiger partial charge in [0, 0.05) is 18.3 Å². The molecule has 2 rings (SSSR count). The highest BCUT2D eigenvalue weighted by molar-refractivity contribution is 7.52. The molecule has 1 N–H and O–H groups in total. The van der Waals surface area contributed by atoms with E-state index in [1.165, 1.54) is 5.56 Å². The molecule has 0 amide bonds. The normalized spacial score (nSPS) is 13.8. The van der Waals surface area contributed by atoms with Gasteiger partial charge in [0.1, 0.15) is 0 Å². The fourth-order valence-corrected chi connectivity index (χ4v) is 3.09. The topological polar surface area (TPSA) is 59.4 Å². The van der Waals surface area contributed by atoms with E-state index >= 15 is 0 Å². The summed E-state index contributed by atoms with van der Waals surface area (Å²) in [5.74, 6) is 0. The number of pyridine rings is 1. The molecule has 0 spiro atoms. The summed E-state index contributed by atoms with van der Waals surface area (Å²) in [4.78, 5) is 13.9. The second-order valence-corrected chi connectivity index (χ2v) is 6.83. The molecule has 1 unspecified atom stereocenters. The third kappa shape index (κ3) is 6.21. The van der Waals surface area contributed by atoms with E-state index in [9.17, 15) is 9.46 Å². The molecule has 1 aromatic heterocycles. The quantitative estimate of drug-likeness (QED) is 0.759. The molecule has 0 saturated carbocycles. The van der Waals surface area contributed by atoms with E-state index in [0.29, 0.717) is 12.8 Å². The Kier molecular flexibility index (Phi) is 6.12. The van der Waals surface area contributed by atoms with Gasteiger partial charge in [0.05, 0.1) is 12.8 Å². The lowest BCUT2D eigenvalue weighted by Crippen LogP contribution is -2.02. The van der Waals surface area contributed by atoms with Crippen LogP contribution in [0, 0.1) is 0 Å². The summed E-state index contributed by atoms with van der Waals surface area (Å²) in [6, 6.07) is 15.5. The molecular weight excluding hydrogens is 285 g/mol. The van der Waals surface area contributed by atoms with Gasteiger partial charge in [-0.15, -0.1) is 0 Å². The first-order valence-electron chi connectivity index (χ1n) is 7.06. The molecule has 0 saturated heterocycles. The Hall–Kier alpha value is -1.48. The van der Waals surface area contributed by atoms with Crippen molar-refractivity contribution in [1.82, 2.24) is 4.98 Å². The molecule has 1 atom stereocenters. The summed E-state index contributed by atoms with van der Waals surface area (Å²) >= 11 is 0. The molecule has 4 nitrogen and oxygen atoms in total. The molecule has 1 aromatic carbocycles. The van der Waals surface area contributed by atoms with Crippen molar-refractivity contribution in [3.8, 4) is 0 Å². The standard InChI is InChI=1S/C16H20NO3P/c18-21(19,14-6-9-15-7-2-1-3-8-15)20-13-11-16-10-4-5-12-17-16/h1-5,7-8,10,12H,6,9,11,13-14H2,(H,18,19). The Bertz CT molecular complexity index is 525. The predicted molar refractivity (Wildman–Crippen MR) is 83.3 cm³/mol. The van der Waals surface area contributed by atoms with Gasteiger partial charge in [-0.25, -0.2) is 0 Å². The van der Waals surface area contributed by atoms with E-state index in [1.54, 1.807) is 6.20 Å². The molecule has 1 heterocycles. The van der Waals surface area contributed by atoms with Gasteiger partial charge in [0.2, 0.25) is 0 Å². The number of hydrogen-bond acceptors (Lipinski definition) is 3. The van der Waals surface area contributed by atoms with Crippen molar-refractivity contribution in [2.75, 3.05) is 12.8 Å². The van der Waals surface area contributed by atoms with Crippen molar-refractivity contribution in [2.24, 2.45) is 0 Å². The van der Waals surface area contributed by atoms with Gasteiger partial charge < -0.3 is 9.42 Å². The van der Waals surface area contributed by atoms with E-state index in [2.05, 4.69) is 4.98 Å². The molecule has 0 bridgehead atoms. The van der Waals surface area contributed by atoms with Gasteiger partial charge in [-0.3, -0.25) is 9.55 Å². The zero-order valence-electron chi connectivity index (χ0n) is 11.9. The molecule has 0 radical (unpaired) electrons. The molecule has 0 aliphatic carbocycles. The summed E-state index contributed by atoms with van der Waals surface area (Å²) < 4.78 is 17.0. The van der Waals surface area contributed by atoms with Crippen LogP contribution in [0.4, 0.5) is 0 Å². The van der Waals surface area contributed by atoms with Gasteiger partial charge in [0.15, 0.2) is 0 Å². The molecule has 0 aliphatic rings. The second-order valence-electron chi connectivity index (χ2n) is 4.85. The van der Waals surface area contributed by atoms with Gasteiger partial charge in [-0.1, -0.05) is 36.4 Å². The average Bonchev–Trinajstić information content (AvgIpc) is 2.49. The fraction of sp³-hybridized carbons (Fsp3) is 0.312. The van der Waals surface area contributed by atoms with E-state index in [1.807, 2.05) is 48.5 Å². The molecule has 0 fully saturated rings. The maximum absolute atomic E-state index is 11.9. The van der Waals surface area contributed by atoms with Crippen LogP contribution in [-0.4, -0.2) is 22.6 Å². The molecule has 2 aromatic rings. The van der Waals surface area contributed by atoms with Crippen molar-refractivity contribution in [2.45, 2.75) is 19.3 Å². The third-order valence-electron chi connectivity index (χ3n) is 3.13.